The number of hydrogen-bond donors (Lipinski definition) is 1. The molecule has 32 heavy (non-hydrogen) atoms. The Hall–Kier alpha value is -1.23. The topological polar surface area (TPSA) is 150 Å². The molecular formula is C16H15N6NaO5S4. The van der Waals surface area contributed by atoms with Crippen molar-refractivity contribution in [2.75, 3.05) is 17.3 Å². The molecule has 0 aliphatic carbocycles. The van der Waals surface area contributed by atoms with Crippen LogP contribution in [0.4, 0.5) is 0 Å². The van der Waals surface area contributed by atoms with Gasteiger partial charge in [0.1, 0.15) is 17.2 Å². The Morgan fingerprint density at radius 2 is 2.22 bits per heavy atom. The number of aromatic nitrogens is 4. The summed E-state index contributed by atoms with van der Waals surface area (Å²) < 4.78 is 14.2. The summed E-state index contributed by atoms with van der Waals surface area (Å²) in [5, 5.41) is 27.2. The Balaban J connectivity index is 0.00000289. The van der Waals surface area contributed by atoms with Crippen molar-refractivity contribution >= 4 is 63.4 Å². The van der Waals surface area contributed by atoms with Crippen LogP contribution in [0.15, 0.2) is 38.1 Å². The van der Waals surface area contributed by atoms with Crippen molar-refractivity contribution in [1.29, 1.82) is 0 Å². The van der Waals surface area contributed by atoms with E-state index in [0.717, 1.165) is 4.90 Å². The van der Waals surface area contributed by atoms with E-state index in [1.807, 2.05) is 0 Å². The van der Waals surface area contributed by atoms with Crippen LogP contribution in [0.25, 0.3) is 0 Å². The van der Waals surface area contributed by atoms with Crippen LogP contribution in [-0.4, -0.2) is 75.8 Å². The maximum absolute atomic E-state index is 12.6. The Morgan fingerprint density at radius 3 is 2.84 bits per heavy atom. The number of rotatable bonds is 8. The number of nitrogens with one attached hydrogen (secondary N) is 1. The monoisotopic (exact) mass is 522 g/mol. The number of aliphatic carboxylic acids is 1. The Labute approximate surface area is 219 Å². The fourth-order valence-corrected chi connectivity index (χ4v) is 7.33. The third kappa shape index (κ3) is 5.13. The van der Waals surface area contributed by atoms with E-state index in [1.54, 1.807) is 24.6 Å². The molecule has 1 fully saturated rings. The normalized spacial score (nSPS) is 20.8. The Bertz CT molecular complexity index is 1090. The van der Waals surface area contributed by atoms with Gasteiger partial charge in [0.05, 0.1) is 26.7 Å². The van der Waals surface area contributed by atoms with Gasteiger partial charge in [0.25, 0.3) is 5.91 Å². The molecule has 2 aliphatic heterocycles. The predicted octanol–water partition coefficient (Wildman–Crippen LogP) is -4.42. The van der Waals surface area contributed by atoms with Crippen LogP contribution in [0, 0.1) is 0 Å². The zero-order valence-corrected chi connectivity index (χ0v) is 22.2. The summed E-state index contributed by atoms with van der Waals surface area (Å²) in [6, 6.07) is 2.55. The number of hydrogen-bond acceptors (Lipinski definition) is 11. The summed E-state index contributed by atoms with van der Waals surface area (Å²) in [7, 11) is 0.170. The zero-order valence-electron chi connectivity index (χ0n) is 16.9. The number of carboxylic acids is 1. The molecule has 0 spiro atoms. The van der Waals surface area contributed by atoms with Crippen molar-refractivity contribution < 1.29 is 53.3 Å². The van der Waals surface area contributed by atoms with Crippen LogP contribution in [0.5, 0.6) is 0 Å². The van der Waals surface area contributed by atoms with Crippen molar-refractivity contribution in [3.63, 3.8) is 0 Å². The number of tetrazole rings is 1. The molecule has 0 radical (unpaired) electrons. The third-order valence-electron chi connectivity index (χ3n) is 4.50. The molecule has 2 aliphatic rings. The predicted molar refractivity (Wildman–Crippen MR) is 112 cm³/mol. The summed E-state index contributed by atoms with van der Waals surface area (Å²) >= 11 is 3.89. The molecule has 16 heteroatoms. The average Bonchev–Trinajstić information content (AvgIpc) is 3.41. The molecule has 1 saturated heterocycles. The molecule has 1 N–H and O–H groups in total. The second-order valence-corrected chi connectivity index (χ2v) is 11.2. The van der Waals surface area contributed by atoms with E-state index in [9.17, 15) is 23.7 Å². The van der Waals surface area contributed by atoms with Gasteiger partial charge < -0.3 is 15.2 Å². The number of aryl methyl sites for hydroxylation is 1. The number of β-lactam (4-membered cyclic amide) rings is 1. The van der Waals surface area contributed by atoms with Crippen molar-refractivity contribution in [2.45, 2.75) is 20.8 Å². The second kappa shape index (κ2) is 10.8. The SMILES string of the molecule is Cn1nnnc1SCC1=C(C(=O)[O-])N2C(=O)C(NC(=O)CS(=O)c3cccs3)[C@H]2SC1.[Na+]. The molecule has 0 bridgehead atoms. The van der Waals surface area contributed by atoms with Gasteiger partial charge in [-0.2, -0.15) is 0 Å². The van der Waals surface area contributed by atoms with E-state index in [4.69, 9.17) is 0 Å². The van der Waals surface area contributed by atoms with E-state index in [1.165, 1.54) is 39.5 Å². The van der Waals surface area contributed by atoms with E-state index in [0.29, 0.717) is 20.7 Å². The molecule has 4 heterocycles. The van der Waals surface area contributed by atoms with Crippen LogP contribution < -0.4 is 40.0 Å². The molecule has 3 atom stereocenters. The minimum atomic E-state index is -1.50. The number of carboxylic acid groups (broad SMARTS) is 1. The minimum absolute atomic E-state index is 0. The average molecular weight is 523 g/mol. The van der Waals surface area contributed by atoms with Gasteiger partial charge >= 0.3 is 29.6 Å². The van der Waals surface area contributed by atoms with Crippen molar-refractivity contribution in [3.05, 3.63) is 28.8 Å². The number of thioether (sulfide) groups is 2. The zero-order chi connectivity index (χ0) is 22.1. The third-order valence-corrected chi connectivity index (χ3v) is 9.55. The Kier molecular flexibility index (Phi) is 8.57. The first-order valence-electron chi connectivity index (χ1n) is 8.81. The summed E-state index contributed by atoms with van der Waals surface area (Å²) in [5.41, 5.74) is 0.343. The van der Waals surface area contributed by atoms with Crippen molar-refractivity contribution in [1.82, 2.24) is 30.4 Å². The Morgan fingerprint density at radius 1 is 1.44 bits per heavy atom. The van der Waals surface area contributed by atoms with Gasteiger partial charge in [-0.15, -0.1) is 28.2 Å². The quantitative estimate of drug-likeness (QED) is 0.204. The number of carbonyl (C=O) groups excluding carboxylic acids is 3. The van der Waals surface area contributed by atoms with Gasteiger partial charge in [0.2, 0.25) is 11.1 Å². The van der Waals surface area contributed by atoms with Gasteiger partial charge in [-0.3, -0.25) is 18.7 Å². The van der Waals surface area contributed by atoms with Crippen molar-refractivity contribution in [2.24, 2.45) is 7.05 Å². The van der Waals surface area contributed by atoms with Crippen LogP contribution in [-0.2, 0) is 32.2 Å². The first-order chi connectivity index (χ1) is 14.9. The number of carbonyl (C=O) groups is 3. The van der Waals surface area contributed by atoms with Gasteiger partial charge in [-0.1, -0.05) is 17.8 Å². The molecule has 164 valence electrons. The summed E-state index contributed by atoms with van der Waals surface area (Å²) in [4.78, 5) is 37.9. The maximum atomic E-state index is 12.6. The van der Waals surface area contributed by atoms with Crippen LogP contribution >= 0.6 is 34.9 Å². The molecular weight excluding hydrogens is 507 g/mol. The molecule has 0 saturated carbocycles. The van der Waals surface area contributed by atoms with E-state index < -0.39 is 40.0 Å². The molecule has 0 aromatic carbocycles. The molecule has 2 unspecified atom stereocenters. The second-order valence-electron chi connectivity index (χ2n) is 6.49. The molecule has 11 nitrogen and oxygen atoms in total. The van der Waals surface area contributed by atoms with E-state index >= 15 is 0 Å². The van der Waals surface area contributed by atoms with Crippen LogP contribution in [0.2, 0.25) is 0 Å². The maximum Gasteiger partial charge on any atom is 1.00 e. The number of thiophene rings is 1. The van der Waals surface area contributed by atoms with Gasteiger partial charge in [0, 0.05) is 18.6 Å². The molecule has 2 aromatic rings. The number of fused-ring (bicyclic) bond motifs is 1. The standard InChI is InChI=1S/C16H16N6O5S4.Na/c1-21-16(18-19-20-21)30-6-8-5-29-14-11(13(24)22(14)12(8)15(25)26)17-9(23)7-31(27)10-3-2-4-28-10;/h2-4,11,14H,5-7H2,1H3,(H,17,23)(H,25,26);/q;+1/p-1/t11?,14-,31?;/m1./s1. The molecule has 2 amide bonds. The largest absolute Gasteiger partial charge is 1.00 e. The van der Waals surface area contributed by atoms with Gasteiger partial charge in [-0.05, 0) is 27.4 Å². The minimum Gasteiger partial charge on any atom is -0.543 e. The van der Waals surface area contributed by atoms with Crippen LogP contribution in [0.1, 0.15) is 0 Å². The van der Waals surface area contributed by atoms with Crippen molar-refractivity contribution in [3.8, 4) is 0 Å². The summed E-state index contributed by atoms with van der Waals surface area (Å²) in [6.45, 7) is 0. The van der Waals surface area contributed by atoms with Crippen LogP contribution in [0.3, 0.4) is 0 Å². The van der Waals surface area contributed by atoms with E-state index in [-0.39, 0.29) is 46.8 Å². The fourth-order valence-electron chi connectivity index (χ4n) is 3.08. The fraction of sp³-hybridized carbons (Fsp3) is 0.375. The first-order valence-corrected chi connectivity index (χ1v) is 13.0. The smallest absolute Gasteiger partial charge is 0.543 e. The van der Waals surface area contributed by atoms with E-state index in [2.05, 4.69) is 20.8 Å². The molecule has 4 rings (SSSR count). The molecule has 2 aromatic heterocycles. The number of amides is 2. The summed E-state index contributed by atoms with van der Waals surface area (Å²) in [6.07, 6.45) is 0. The van der Waals surface area contributed by atoms with Gasteiger partial charge in [0.15, 0.2) is 0 Å². The number of nitrogens with zero attached hydrogens (tertiary/aromatic N) is 5. The summed E-state index contributed by atoms with van der Waals surface area (Å²) in [5.74, 6) is -2.15. The first kappa shape index (κ1) is 25.4. The van der Waals surface area contributed by atoms with Gasteiger partial charge in [-0.25, -0.2) is 4.68 Å².